The normalized spacial score (nSPS) is 18.0. The summed E-state index contributed by atoms with van der Waals surface area (Å²) in [6, 6.07) is 9.76. The molecule has 1 N–H and O–H groups in total. The molecule has 5 heteroatoms. The molecule has 0 fully saturated rings. The van der Waals surface area contributed by atoms with Gasteiger partial charge in [0, 0.05) is 21.5 Å². The van der Waals surface area contributed by atoms with Crippen molar-refractivity contribution in [3.63, 3.8) is 0 Å². The zero-order valence-corrected chi connectivity index (χ0v) is 14.0. The fourth-order valence-electron chi connectivity index (χ4n) is 2.41. The molecule has 0 saturated carbocycles. The van der Waals surface area contributed by atoms with Gasteiger partial charge in [-0.05, 0) is 37.6 Å². The van der Waals surface area contributed by atoms with E-state index in [0.29, 0.717) is 10.1 Å². The van der Waals surface area contributed by atoms with Crippen LogP contribution in [0.5, 0.6) is 0 Å². The van der Waals surface area contributed by atoms with Crippen molar-refractivity contribution >= 4 is 40.4 Å². The third kappa shape index (κ3) is 2.86. The van der Waals surface area contributed by atoms with Crippen LogP contribution in [0.1, 0.15) is 26.9 Å². The summed E-state index contributed by atoms with van der Waals surface area (Å²) in [6.07, 6.45) is 1.70. The average molecular weight is 337 g/mol. The summed E-state index contributed by atoms with van der Waals surface area (Å²) in [5.74, 6) is 0.748. The van der Waals surface area contributed by atoms with Gasteiger partial charge >= 0.3 is 0 Å². The Kier molecular flexibility index (Phi) is 4.07. The minimum atomic E-state index is -0.0691. The minimum Gasteiger partial charge on any atom is -0.358 e. The van der Waals surface area contributed by atoms with Gasteiger partial charge in [0.1, 0.15) is 5.84 Å². The van der Waals surface area contributed by atoms with E-state index in [1.807, 2.05) is 24.3 Å². The van der Waals surface area contributed by atoms with Crippen LogP contribution in [0.2, 0.25) is 5.02 Å². The standard InChI is InChI=1S/C16H14Cl2N2S/c1-9-7-12(10(2)21-9)15-14(18)8-19-16(20-15)11-5-3-4-6-13(11)17/h3-8,15H,1-2H3,(H,19,20). The lowest BCUT2D eigenvalue weighted by molar-refractivity contribution is 0.760. The summed E-state index contributed by atoms with van der Waals surface area (Å²) >= 11 is 14.4. The van der Waals surface area contributed by atoms with Crippen molar-refractivity contribution in [2.75, 3.05) is 0 Å². The number of hydrogen-bond donors (Lipinski definition) is 1. The van der Waals surface area contributed by atoms with E-state index in [4.69, 9.17) is 23.2 Å². The first-order chi connectivity index (χ1) is 10.1. The Labute approximate surface area is 138 Å². The largest absolute Gasteiger partial charge is 0.358 e. The van der Waals surface area contributed by atoms with E-state index in [1.54, 1.807) is 17.5 Å². The highest BCUT2D eigenvalue weighted by Crippen LogP contribution is 2.34. The molecule has 1 aliphatic heterocycles. The lowest BCUT2D eigenvalue weighted by atomic mass is 10.0. The van der Waals surface area contributed by atoms with Crippen molar-refractivity contribution in [1.29, 1.82) is 0 Å². The predicted molar refractivity (Wildman–Crippen MR) is 91.6 cm³/mol. The average Bonchev–Trinajstić information content (AvgIpc) is 2.79. The molecule has 2 nitrogen and oxygen atoms in total. The van der Waals surface area contributed by atoms with Crippen molar-refractivity contribution < 1.29 is 0 Å². The lowest BCUT2D eigenvalue weighted by Crippen LogP contribution is -2.32. The summed E-state index contributed by atoms with van der Waals surface area (Å²) in [7, 11) is 0. The van der Waals surface area contributed by atoms with Crippen LogP contribution >= 0.6 is 34.5 Å². The third-order valence-corrected chi connectivity index (χ3v) is 5.02. The summed E-state index contributed by atoms with van der Waals surface area (Å²) in [5.41, 5.74) is 2.08. The minimum absolute atomic E-state index is 0.0691. The molecule has 0 bridgehead atoms. The number of rotatable bonds is 2. The number of halogens is 2. The number of thiophene rings is 1. The monoisotopic (exact) mass is 336 g/mol. The van der Waals surface area contributed by atoms with Crippen LogP contribution in [-0.2, 0) is 0 Å². The fraction of sp³-hybridized carbons (Fsp3) is 0.188. The third-order valence-electron chi connectivity index (χ3n) is 3.39. The quantitative estimate of drug-likeness (QED) is 0.801. The Bertz CT molecular complexity index is 746. The zero-order valence-electron chi connectivity index (χ0n) is 11.7. The Morgan fingerprint density at radius 1 is 1.19 bits per heavy atom. The van der Waals surface area contributed by atoms with E-state index in [-0.39, 0.29) is 6.04 Å². The topological polar surface area (TPSA) is 24.4 Å². The van der Waals surface area contributed by atoms with Gasteiger partial charge in [-0.15, -0.1) is 11.3 Å². The first-order valence-corrected chi connectivity index (χ1v) is 8.15. The van der Waals surface area contributed by atoms with Crippen molar-refractivity contribution in [2.24, 2.45) is 4.99 Å². The molecule has 108 valence electrons. The summed E-state index contributed by atoms with van der Waals surface area (Å²) in [5, 5.41) is 4.76. The molecular formula is C16H14Cl2N2S. The Morgan fingerprint density at radius 2 is 1.95 bits per heavy atom. The maximum Gasteiger partial charge on any atom is 0.135 e. The molecule has 0 saturated heterocycles. The van der Waals surface area contributed by atoms with E-state index < -0.39 is 0 Å². The van der Waals surface area contributed by atoms with E-state index in [1.165, 1.54) is 15.3 Å². The molecule has 2 aromatic rings. The van der Waals surface area contributed by atoms with Crippen molar-refractivity contribution in [1.82, 2.24) is 5.32 Å². The Morgan fingerprint density at radius 3 is 2.62 bits per heavy atom. The Hall–Kier alpha value is -1.29. The zero-order chi connectivity index (χ0) is 15.0. The van der Waals surface area contributed by atoms with Crippen LogP contribution in [0.4, 0.5) is 0 Å². The summed E-state index contributed by atoms with van der Waals surface area (Å²) in [4.78, 5) is 6.92. The van der Waals surface area contributed by atoms with Crippen LogP contribution in [0.3, 0.4) is 0 Å². The first-order valence-electron chi connectivity index (χ1n) is 6.58. The second-order valence-corrected chi connectivity index (χ2v) is 7.22. The van der Waals surface area contributed by atoms with Gasteiger partial charge in [0.25, 0.3) is 0 Å². The van der Waals surface area contributed by atoms with E-state index in [2.05, 4.69) is 30.2 Å². The molecule has 0 aliphatic carbocycles. The number of amidine groups is 1. The molecule has 0 amide bonds. The molecule has 1 atom stereocenters. The van der Waals surface area contributed by atoms with Crippen LogP contribution in [-0.4, -0.2) is 5.84 Å². The van der Waals surface area contributed by atoms with Crippen molar-refractivity contribution in [3.05, 3.63) is 67.5 Å². The highest BCUT2D eigenvalue weighted by atomic mass is 35.5. The summed E-state index contributed by atoms with van der Waals surface area (Å²) in [6.45, 7) is 4.21. The van der Waals surface area contributed by atoms with Crippen LogP contribution in [0.15, 0.2) is 46.6 Å². The van der Waals surface area contributed by atoms with Crippen molar-refractivity contribution in [3.8, 4) is 0 Å². The molecule has 2 heterocycles. The smallest absolute Gasteiger partial charge is 0.135 e. The first kappa shape index (κ1) is 14.6. The second-order valence-electron chi connectivity index (χ2n) is 4.92. The Balaban J connectivity index is 1.98. The number of benzene rings is 1. The van der Waals surface area contributed by atoms with Gasteiger partial charge in [0.05, 0.1) is 16.1 Å². The lowest BCUT2D eigenvalue weighted by Gasteiger charge is -2.24. The molecule has 3 rings (SSSR count). The van der Waals surface area contributed by atoms with Gasteiger partial charge < -0.3 is 5.32 Å². The molecule has 1 unspecified atom stereocenters. The van der Waals surface area contributed by atoms with Gasteiger partial charge in [-0.25, -0.2) is 4.99 Å². The van der Waals surface area contributed by atoms with Gasteiger partial charge in [-0.1, -0.05) is 35.3 Å². The van der Waals surface area contributed by atoms with Gasteiger partial charge in [-0.3, -0.25) is 0 Å². The van der Waals surface area contributed by atoms with E-state index in [0.717, 1.165) is 11.4 Å². The maximum atomic E-state index is 6.35. The van der Waals surface area contributed by atoms with E-state index in [9.17, 15) is 0 Å². The number of aliphatic imine (C=N–C) groups is 1. The second kappa shape index (κ2) is 5.84. The molecule has 21 heavy (non-hydrogen) atoms. The SMILES string of the molecule is Cc1cc(C2NC(c3ccccc3Cl)=NC=C2Cl)c(C)s1. The number of nitrogens with one attached hydrogen (secondary N) is 1. The molecule has 0 spiro atoms. The number of aryl methyl sites for hydroxylation is 2. The fourth-order valence-corrected chi connectivity index (χ4v) is 3.82. The highest BCUT2D eigenvalue weighted by Gasteiger charge is 2.24. The number of hydrogen-bond acceptors (Lipinski definition) is 3. The van der Waals surface area contributed by atoms with Gasteiger partial charge in [-0.2, -0.15) is 0 Å². The van der Waals surface area contributed by atoms with Crippen LogP contribution < -0.4 is 5.32 Å². The van der Waals surface area contributed by atoms with Crippen molar-refractivity contribution in [2.45, 2.75) is 19.9 Å². The maximum absolute atomic E-state index is 6.35. The summed E-state index contributed by atoms with van der Waals surface area (Å²) < 4.78 is 0. The molecule has 1 aromatic heterocycles. The van der Waals surface area contributed by atoms with Crippen LogP contribution in [0.25, 0.3) is 0 Å². The molecule has 1 aromatic carbocycles. The number of nitrogens with zero attached hydrogens (tertiary/aromatic N) is 1. The highest BCUT2D eigenvalue weighted by molar-refractivity contribution is 7.12. The molecule has 0 radical (unpaired) electrons. The van der Waals surface area contributed by atoms with Gasteiger partial charge in [0.2, 0.25) is 0 Å². The van der Waals surface area contributed by atoms with Gasteiger partial charge in [0.15, 0.2) is 0 Å². The predicted octanol–water partition coefficient (Wildman–Crippen LogP) is 5.19. The molecule has 1 aliphatic rings. The van der Waals surface area contributed by atoms with E-state index >= 15 is 0 Å². The van der Waals surface area contributed by atoms with Crippen LogP contribution in [0, 0.1) is 13.8 Å². The molecular weight excluding hydrogens is 323 g/mol.